The van der Waals surface area contributed by atoms with Gasteiger partial charge in [-0.2, -0.15) is 0 Å². The van der Waals surface area contributed by atoms with Crippen LogP contribution in [0.3, 0.4) is 0 Å². The highest BCUT2D eigenvalue weighted by Gasteiger charge is 2.54. The number of allylic oxidation sites excluding steroid dienone is 2. The van der Waals surface area contributed by atoms with Gasteiger partial charge in [-0.05, 0) is 57.8 Å². The van der Waals surface area contributed by atoms with Crippen LogP contribution < -0.4 is 5.32 Å². The summed E-state index contributed by atoms with van der Waals surface area (Å²) in [6, 6.07) is -1.22. The average molecular weight is 1520 g/mol. The summed E-state index contributed by atoms with van der Waals surface area (Å²) in [5, 5.41) is 15.7. The smallest absolute Gasteiger partial charge is 0.454 e. The molecular weight excluding hydrogens is 1370 g/mol. The Bertz CT molecular complexity index is 2270. The number of aliphatic hydroxyl groups excluding tert-OH is 1. The van der Waals surface area contributed by atoms with Crippen LogP contribution in [-0.2, 0) is 93.3 Å². The van der Waals surface area contributed by atoms with Crippen molar-refractivity contribution in [3.8, 4) is 0 Å². The van der Waals surface area contributed by atoms with Gasteiger partial charge in [-0.1, -0.05) is 244 Å². The molecule has 0 unspecified atom stereocenters. The van der Waals surface area contributed by atoms with Crippen molar-refractivity contribution in [2.24, 2.45) is 0 Å². The van der Waals surface area contributed by atoms with E-state index in [0.29, 0.717) is 25.7 Å². The predicted octanol–water partition coefficient (Wildman–Crippen LogP) is 18.9. The number of esters is 1. The topological polar surface area (TPSA) is 256 Å². The second-order valence-electron chi connectivity index (χ2n) is 27.5. The third kappa shape index (κ3) is 46.0. The van der Waals surface area contributed by atoms with Crippen LogP contribution in [0.25, 0.3) is 0 Å². The minimum absolute atomic E-state index is 0.0401. The normalized spacial score (nSPS) is 21.1. The fraction of sp³-hybridized carbons (Fsp3) is 0.838. The van der Waals surface area contributed by atoms with Gasteiger partial charge in [0.15, 0.2) is 18.7 Å². The van der Waals surface area contributed by atoms with Crippen LogP contribution in [0.5, 0.6) is 0 Å². The number of rotatable bonds is 74. The number of unbranched alkanes of at least 4 members (excludes halogenated alkanes) is 30. The molecule has 2 N–H and O–H groups in total. The second kappa shape index (κ2) is 64.9. The summed E-state index contributed by atoms with van der Waals surface area (Å²) in [6.45, 7) is 21.7. The van der Waals surface area contributed by atoms with E-state index >= 15 is 0 Å². The number of nitrogens with one attached hydrogen (secondary N) is 1. The molecule has 104 heavy (non-hydrogen) atoms. The summed E-state index contributed by atoms with van der Waals surface area (Å²) in [5.74, 6) is -1.45. The van der Waals surface area contributed by atoms with Crippen molar-refractivity contribution >= 4 is 33.3 Å². The minimum atomic E-state index is -4.52. The van der Waals surface area contributed by atoms with Gasteiger partial charge in [0.05, 0.1) is 65.4 Å². The Hall–Kier alpha value is -2.83. The molecule has 0 aromatic rings. The number of Topliss-reactive ketones (excluding diaryl/α,β-unsaturated/α-hetero) is 1. The predicted molar refractivity (Wildman–Crippen MR) is 411 cm³/mol. The van der Waals surface area contributed by atoms with E-state index in [4.69, 9.17) is 69.8 Å². The first kappa shape index (κ1) is 97.2. The van der Waals surface area contributed by atoms with E-state index < -0.39 is 102 Å². The van der Waals surface area contributed by atoms with Gasteiger partial charge in [0.25, 0.3) is 0 Å². The Morgan fingerprint density at radius 1 is 0.462 bits per heavy atom. The molecule has 0 aromatic carbocycles. The van der Waals surface area contributed by atoms with Crippen LogP contribution in [0, 0.1) is 0 Å². The standard InChI is InChI=1S/C80H145NO21P2/c1-11-19-23-27-30-33-34-35-36-37-38-40-42-46-50-54-72(84)101-78-77(91-61-55-68(89-10)53-49-44-26-22-14-4)75(102-104(87,96-58-17-7)97-59-18-8)70(65-88-9)100-80(78)93-66-69-74(85)76(90-60-51-47-43-32-29-25-21-13-3)73(79(99-69)92-62-63-98-103(86,94-56-15-5)95-57-16-6)81-71(83)64-67(82)52-48-45-41-39-31-28-24-20-12-2/h15-18,33-34,68-70,73-80,85H,5-8,11-14,19-32,35-66H2,1-4,9-10H3,(H,81,83)/t68-,69-,70-,73-,74-,75-,76-,77+,78-,79+,80-/m1/s1. The second-order valence-corrected chi connectivity index (χ2v) is 30.8. The van der Waals surface area contributed by atoms with Crippen LogP contribution in [-0.4, -0.2) is 171 Å². The van der Waals surface area contributed by atoms with E-state index in [1.165, 1.54) is 89.2 Å². The van der Waals surface area contributed by atoms with Crippen molar-refractivity contribution in [1.29, 1.82) is 0 Å². The first-order chi connectivity index (χ1) is 50.6. The highest BCUT2D eigenvalue weighted by atomic mass is 31.2. The van der Waals surface area contributed by atoms with Gasteiger partial charge in [-0.3, -0.25) is 41.5 Å². The van der Waals surface area contributed by atoms with Crippen molar-refractivity contribution in [2.75, 3.05) is 80.3 Å². The number of hydrogen-bond donors (Lipinski definition) is 2. The summed E-state index contributed by atoms with van der Waals surface area (Å²) in [6.07, 6.45) is 35.8. The largest absolute Gasteiger partial charge is 0.475 e. The fourth-order valence-corrected chi connectivity index (χ4v) is 15.0. The molecular formula is C80H145NO21P2. The molecule has 2 fully saturated rings. The molecule has 2 rings (SSSR count). The quantitative estimate of drug-likeness (QED) is 0.0189. The maximum absolute atomic E-state index is 14.7. The van der Waals surface area contributed by atoms with Crippen molar-refractivity contribution in [1.82, 2.24) is 5.32 Å². The number of aliphatic hydroxyl groups is 1. The molecule has 22 nitrogen and oxygen atoms in total. The summed E-state index contributed by atoms with van der Waals surface area (Å²) in [4.78, 5) is 42.2. The summed E-state index contributed by atoms with van der Waals surface area (Å²) < 4.78 is 121. The SMILES string of the molecule is C=CCOP(=O)(OCC=C)OCCO[C@H]1O[C@H](CO[C@@H]2O[C@H](COC)[C@@H](OP(=O)(OCC=C)OCC=C)[C@H](OCC[C@@H](CCCCCCC)OC)[C@H]2OC(=O)CCCCCCCCCC=CCCCCCC)[C@@H](O)[C@H](OCCCCCCCCCC)[C@H]1NC(=O)CC(=O)CCCCCCCCCCC. The molecule has 0 radical (unpaired) electrons. The van der Waals surface area contributed by atoms with Crippen LogP contribution >= 0.6 is 15.6 Å². The van der Waals surface area contributed by atoms with E-state index in [2.05, 4.69) is 71.5 Å². The van der Waals surface area contributed by atoms with E-state index in [-0.39, 0.29) is 84.2 Å². The molecule has 2 aliphatic rings. The van der Waals surface area contributed by atoms with Crippen molar-refractivity contribution in [3.05, 3.63) is 62.8 Å². The Balaban J connectivity index is 2.73. The third-order valence-corrected chi connectivity index (χ3v) is 21.3. The monoisotopic (exact) mass is 1520 g/mol. The number of carbonyl (C=O) groups is 3. The lowest BCUT2D eigenvalue weighted by atomic mass is 9.95. The van der Waals surface area contributed by atoms with Crippen molar-refractivity contribution in [3.63, 3.8) is 0 Å². The molecule has 606 valence electrons. The zero-order valence-corrected chi connectivity index (χ0v) is 67.3. The lowest BCUT2D eigenvalue weighted by molar-refractivity contribution is -0.327. The Morgan fingerprint density at radius 3 is 1.46 bits per heavy atom. The van der Waals surface area contributed by atoms with Crippen molar-refractivity contribution < 1.29 is 98.4 Å². The summed E-state index contributed by atoms with van der Waals surface area (Å²) in [5.41, 5.74) is 0. The van der Waals surface area contributed by atoms with Gasteiger partial charge in [0.2, 0.25) is 5.91 Å². The Morgan fingerprint density at radius 2 is 0.933 bits per heavy atom. The van der Waals surface area contributed by atoms with E-state index in [1.807, 2.05) is 0 Å². The first-order valence-electron chi connectivity index (χ1n) is 40.3. The number of carbonyl (C=O) groups excluding carboxylic acids is 3. The van der Waals surface area contributed by atoms with Gasteiger partial charge in [0.1, 0.15) is 48.4 Å². The lowest BCUT2D eigenvalue weighted by Gasteiger charge is -2.47. The fourth-order valence-electron chi connectivity index (χ4n) is 12.6. The first-order valence-corrected chi connectivity index (χ1v) is 43.2. The number of phosphoric acid groups is 2. The highest BCUT2D eigenvalue weighted by Crippen LogP contribution is 2.53. The van der Waals surface area contributed by atoms with E-state index in [9.17, 15) is 28.6 Å². The minimum Gasteiger partial charge on any atom is -0.454 e. The molecule has 11 atom stereocenters. The summed E-state index contributed by atoms with van der Waals surface area (Å²) >= 11 is 0. The molecule has 2 aliphatic heterocycles. The Labute approximate surface area is 629 Å². The molecule has 2 saturated heterocycles. The molecule has 2 heterocycles. The molecule has 0 aromatic heterocycles. The molecule has 0 spiro atoms. The van der Waals surface area contributed by atoms with Crippen LogP contribution in [0.4, 0.5) is 0 Å². The molecule has 0 saturated carbocycles. The molecule has 0 aliphatic carbocycles. The Kier molecular flexibility index (Phi) is 60.7. The zero-order valence-electron chi connectivity index (χ0n) is 65.5. The number of hydrogen-bond acceptors (Lipinski definition) is 21. The molecule has 0 bridgehead atoms. The van der Waals surface area contributed by atoms with E-state index in [1.54, 1.807) is 7.11 Å². The third-order valence-electron chi connectivity index (χ3n) is 18.5. The highest BCUT2D eigenvalue weighted by molar-refractivity contribution is 7.48. The van der Waals surface area contributed by atoms with Gasteiger partial charge in [0, 0.05) is 40.3 Å². The van der Waals surface area contributed by atoms with Gasteiger partial charge >= 0.3 is 21.6 Å². The summed E-state index contributed by atoms with van der Waals surface area (Å²) in [7, 11) is -5.58. The maximum atomic E-state index is 14.7. The zero-order chi connectivity index (χ0) is 76.0. The molecule has 1 amide bonds. The van der Waals surface area contributed by atoms with E-state index in [0.717, 1.165) is 154 Å². The van der Waals surface area contributed by atoms with Gasteiger partial charge in [-0.25, -0.2) is 9.13 Å². The van der Waals surface area contributed by atoms with Gasteiger partial charge in [-0.15, -0.1) is 26.3 Å². The maximum Gasteiger partial charge on any atom is 0.475 e. The molecule has 24 heteroatoms. The number of amides is 1. The van der Waals surface area contributed by atoms with Crippen LogP contribution in [0.2, 0.25) is 0 Å². The number of methoxy groups -OCH3 is 2. The number of phosphoric ester groups is 2. The average Bonchev–Trinajstić information content (AvgIpc) is 0.786. The van der Waals surface area contributed by atoms with Crippen LogP contribution in [0.1, 0.15) is 285 Å². The lowest BCUT2D eigenvalue weighted by Crippen LogP contribution is -2.66. The van der Waals surface area contributed by atoms with Crippen LogP contribution in [0.15, 0.2) is 62.8 Å². The number of ketones is 1. The van der Waals surface area contributed by atoms with Crippen molar-refractivity contribution in [2.45, 2.75) is 352 Å². The van der Waals surface area contributed by atoms with Gasteiger partial charge < -0.3 is 53.1 Å². The number of ether oxygens (including phenoxy) is 9.